The van der Waals surface area contributed by atoms with E-state index < -0.39 is 0 Å². The van der Waals surface area contributed by atoms with Gasteiger partial charge in [0.2, 0.25) is 5.91 Å². The van der Waals surface area contributed by atoms with Gasteiger partial charge in [-0.05, 0) is 18.6 Å². The number of aromatic nitrogens is 1. The van der Waals surface area contributed by atoms with Crippen LogP contribution >= 0.6 is 23.2 Å². The number of nitrogens with one attached hydrogen (secondary N) is 3. The number of methoxy groups -OCH3 is 1. The van der Waals surface area contributed by atoms with Crippen molar-refractivity contribution in [1.82, 2.24) is 10.3 Å². The first-order chi connectivity index (χ1) is 11.0. The van der Waals surface area contributed by atoms with Crippen LogP contribution in [0.4, 0.5) is 5.69 Å². The highest BCUT2D eigenvalue weighted by Crippen LogP contribution is 2.42. The van der Waals surface area contributed by atoms with Gasteiger partial charge in [0.05, 0.1) is 28.1 Å². The van der Waals surface area contributed by atoms with Gasteiger partial charge in [-0.3, -0.25) is 4.79 Å². The fraction of sp³-hybridized carbons (Fsp3) is 0.438. The first-order valence-electron chi connectivity index (χ1n) is 7.57. The quantitative estimate of drug-likeness (QED) is 0.737. The molecule has 1 amide bonds. The van der Waals surface area contributed by atoms with Crippen LogP contribution in [-0.2, 0) is 16.0 Å². The Morgan fingerprint density at radius 3 is 2.96 bits per heavy atom. The Balaban J connectivity index is 2.20. The molecule has 0 spiro atoms. The molecule has 124 valence electrons. The smallest absolute Gasteiger partial charge is 0.227 e. The van der Waals surface area contributed by atoms with Crippen LogP contribution in [0, 0.1) is 0 Å². The molecule has 1 aliphatic rings. The largest absolute Gasteiger partial charge is 0.383 e. The average Bonchev–Trinajstić information content (AvgIpc) is 2.85. The van der Waals surface area contributed by atoms with E-state index in [0.29, 0.717) is 29.7 Å². The lowest BCUT2D eigenvalue weighted by Gasteiger charge is -2.14. The van der Waals surface area contributed by atoms with Crippen molar-refractivity contribution in [3.8, 4) is 0 Å². The molecule has 23 heavy (non-hydrogen) atoms. The lowest BCUT2D eigenvalue weighted by molar-refractivity contribution is -0.121. The average molecular weight is 356 g/mol. The third-order valence-corrected chi connectivity index (χ3v) is 5.00. The second kappa shape index (κ2) is 6.59. The van der Waals surface area contributed by atoms with Crippen molar-refractivity contribution < 1.29 is 9.53 Å². The van der Waals surface area contributed by atoms with Crippen LogP contribution in [-0.4, -0.2) is 37.7 Å². The molecule has 2 aromatic rings. The lowest BCUT2D eigenvalue weighted by Crippen LogP contribution is -2.26. The summed E-state index contributed by atoms with van der Waals surface area (Å²) in [6.45, 7) is 3.74. The maximum absolute atomic E-state index is 12.2. The van der Waals surface area contributed by atoms with Crippen molar-refractivity contribution >= 4 is 45.7 Å². The van der Waals surface area contributed by atoms with Crippen molar-refractivity contribution in [2.75, 3.05) is 32.1 Å². The standard InChI is InChI=1S/C16H19Cl2N3O2/c1-8-12-10(3-4-20-16(8)22)21-15-13(12)11(19-5-6-23-2)7-9(17)14(15)18/h7-8,19,21H,3-6H2,1-2H3,(H,20,22)/t8-/m1/s1. The van der Waals surface area contributed by atoms with E-state index in [1.54, 1.807) is 7.11 Å². The van der Waals surface area contributed by atoms with E-state index in [1.165, 1.54) is 0 Å². The molecule has 1 aromatic carbocycles. The summed E-state index contributed by atoms with van der Waals surface area (Å²) < 4.78 is 5.09. The zero-order valence-corrected chi connectivity index (χ0v) is 14.6. The molecule has 1 aromatic heterocycles. The number of carbonyl (C=O) groups excluding carboxylic acids is 1. The van der Waals surface area contributed by atoms with Crippen LogP contribution < -0.4 is 10.6 Å². The van der Waals surface area contributed by atoms with Gasteiger partial charge < -0.3 is 20.4 Å². The minimum Gasteiger partial charge on any atom is -0.383 e. The van der Waals surface area contributed by atoms with Gasteiger partial charge in [0, 0.05) is 43.4 Å². The summed E-state index contributed by atoms with van der Waals surface area (Å²) in [5.74, 6) is -0.222. The highest BCUT2D eigenvalue weighted by molar-refractivity contribution is 6.45. The molecule has 0 radical (unpaired) electrons. The van der Waals surface area contributed by atoms with E-state index in [9.17, 15) is 4.79 Å². The lowest BCUT2D eigenvalue weighted by atomic mass is 9.96. The number of benzene rings is 1. The fourth-order valence-corrected chi connectivity index (χ4v) is 3.49. The minimum absolute atomic E-state index is 0.0264. The molecule has 7 heteroatoms. The summed E-state index contributed by atoms with van der Waals surface area (Å²) in [4.78, 5) is 15.6. The van der Waals surface area contributed by atoms with Crippen LogP contribution in [0.2, 0.25) is 10.0 Å². The van der Waals surface area contributed by atoms with E-state index in [1.807, 2.05) is 13.0 Å². The number of fused-ring (bicyclic) bond motifs is 3. The number of hydrogen-bond acceptors (Lipinski definition) is 3. The van der Waals surface area contributed by atoms with Gasteiger partial charge >= 0.3 is 0 Å². The summed E-state index contributed by atoms with van der Waals surface area (Å²) in [6, 6.07) is 1.81. The number of anilines is 1. The second-order valence-electron chi connectivity index (χ2n) is 5.67. The Labute approximate surface area is 144 Å². The van der Waals surface area contributed by atoms with Crippen molar-refractivity contribution in [3.05, 3.63) is 27.4 Å². The van der Waals surface area contributed by atoms with Gasteiger partial charge in [-0.15, -0.1) is 0 Å². The van der Waals surface area contributed by atoms with Crippen molar-refractivity contribution in [2.45, 2.75) is 19.3 Å². The first-order valence-corrected chi connectivity index (χ1v) is 8.33. The third kappa shape index (κ3) is 2.89. The molecule has 0 fully saturated rings. The molecule has 5 nitrogen and oxygen atoms in total. The summed E-state index contributed by atoms with van der Waals surface area (Å²) in [5, 5.41) is 8.17. The van der Waals surface area contributed by atoms with Crippen LogP contribution in [0.1, 0.15) is 24.1 Å². The van der Waals surface area contributed by atoms with Gasteiger partial charge in [0.15, 0.2) is 0 Å². The van der Waals surface area contributed by atoms with Gasteiger partial charge in [-0.2, -0.15) is 0 Å². The Morgan fingerprint density at radius 1 is 1.43 bits per heavy atom. The second-order valence-corrected chi connectivity index (χ2v) is 6.45. The van der Waals surface area contributed by atoms with Gasteiger partial charge in [0.1, 0.15) is 0 Å². The van der Waals surface area contributed by atoms with E-state index >= 15 is 0 Å². The highest BCUT2D eigenvalue weighted by atomic mass is 35.5. The molecule has 1 atom stereocenters. The van der Waals surface area contributed by atoms with E-state index in [2.05, 4.69) is 15.6 Å². The van der Waals surface area contributed by atoms with Gasteiger partial charge in [-0.25, -0.2) is 0 Å². The predicted molar refractivity (Wildman–Crippen MR) is 93.8 cm³/mol. The minimum atomic E-state index is -0.249. The fourth-order valence-electron chi connectivity index (χ4n) is 3.09. The maximum Gasteiger partial charge on any atom is 0.227 e. The number of amides is 1. The van der Waals surface area contributed by atoms with E-state index in [4.69, 9.17) is 27.9 Å². The molecule has 0 unspecified atom stereocenters. The summed E-state index contributed by atoms with van der Waals surface area (Å²) in [6.07, 6.45) is 0.742. The zero-order chi connectivity index (χ0) is 16.6. The number of rotatable bonds is 4. The van der Waals surface area contributed by atoms with Crippen molar-refractivity contribution in [2.24, 2.45) is 0 Å². The van der Waals surface area contributed by atoms with E-state index in [0.717, 1.165) is 34.3 Å². The molecular weight excluding hydrogens is 337 g/mol. The molecule has 0 bridgehead atoms. The Hall–Kier alpha value is -1.43. The summed E-state index contributed by atoms with van der Waals surface area (Å²) >= 11 is 12.7. The number of H-pyrrole nitrogens is 1. The normalized spacial score (nSPS) is 17.7. The maximum atomic E-state index is 12.2. The van der Waals surface area contributed by atoms with Crippen LogP contribution in [0.25, 0.3) is 10.9 Å². The number of aromatic amines is 1. The van der Waals surface area contributed by atoms with Crippen molar-refractivity contribution in [3.63, 3.8) is 0 Å². The topological polar surface area (TPSA) is 66.1 Å². The Bertz CT molecular complexity index is 758. The van der Waals surface area contributed by atoms with Crippen molar-refractivity contribution in [1.29, 1.82) is 0 Å². The molecule has 2 heterocycles. The van der Waals surface area contributed by atoms with Crippen LogP contribution in [0.3, 0.4) is 0 Å². The highest BCUT2D eigenvalue weighted by Gasteiger charge is 2.28. The summed E-state index contributed by atoms with van der Waals surface area (Å²) in [7, 11) is 1.65. The number of carbonyl (C=O) groups is 1. The zero-order valence-electron chi connectivity index (χ0n) is 13.1. The van der Waals surface area contributed by atoms with Crippen LogP contribution in [0.15, 0.2) is 6.07 Å². The molecule has 1 aliphatic heterocycles. The molecular formula is C16H19Cl2N3O2. The Morgan fingerprint density at radius 2 is 2.22 bits per heavy atom. The predicted octanol–water partition coefficient (Wildman–Crippen LogP) is 3.31. The molecule has 3 N–H and O–H groups in total. The van der Waals surface area contributed by atoms with E-state index in [-0.39, 0.29) is 11.8 Å². The van der Waals surface area contributed by atoms with Gasteiger partial charge in [0.25, 0.3) is 0 Å². The molecule has 0 aliphatic carbocycles. The molecule has 3 rings (SSSR count). The first kappa shape index (κ1) is 16.4. The Kier molecular flexibility index (Phi) is 4.71. The molecule has 0 saturated heterocycles. The monoisotopic (exact) mass is 355 g/mol. The van der Waals surface area contributed by atoms with Gasteiger partial charge in [-0.1, -0.05) is 23.2 Å². The molecule has 0 saturated carbocycles. The van der Waals surface area contributed by atoms with Crippen LogP contribution in [0.5, 0.6) is 0 Å². The number of halogens is 2. The summed E-state index contributed by atoms with van der Waals surface area (Å²) in [5.41, 5.74) is 3.68. The number of ether oxygens (including phenoxy) is 1. The third-order valence-electron chi connectivity index (χ3n) is 4.21. The SMILES string of the molecule is COCCNc1cc(Cl)c(Cl)c2[nH]c3c(c12)[C@@H](C)C(=O)NCC3. The number of hydrogen-bond donors (Lipinski definition) is 3.